The number of hydrogen-bond acceptors (Lipinski definition) is 4. The number of anilines is 1. The highest BCUT2D eigenvalue weighted by molar-refractivity contribution is 9.10. The Morgan fingerprint density at radius 2 is 1.70 bits per heavy atom. The van der Waals surface area contributed by atoms with E-state index in [9.17, 15) is 0 Å². The van der Waals surface area contributed by atoms with Crippen molar-refractivity contribution in [2.75, 3.05) is 45.3 Å². The third-order valence-electron chi connectivity index (χ3n) is 3.01. The first kappa shape index (κ1) is 17.4. The highest BCUT2D eigenvalue weighted by atomic mass is 79.9. The van der Waals surface area contributed by atoms with Crippen molar-refractivity contribution >= 4 is 21.6 Å². The van der Waals surface area contributed by atoms with Crippen molar-refractivity contribution in [2.24, 2.45) is 0 Å². The smallest absolute Gasteiger partial charge is 0.0593 e. The fourth-order valence-electron chi connectivity index (χ4n) is 1.91. The summed E-state index contributed by atoms with van der Waals surface area (Å²) in [6.07, 6.45) is 0. The molecule has 0 radical (unpaired) electrons. The van der Waals surface area contributed by atoms with Gasteiger partial charge in [0.25, 0.3) is 0 Å². The Labute approximate surface area is 130 Å². The van der Waals surface area contributed by atoms with Gasteiger partial charge in [-0.15, -0.1) is 0 Å². The zero-order chi connectivity index (χ0) is 14.8. The zero-order valence-electron chi connectivity index (χ0n) is 12.4. The summed E-state index contributed by atoms with van der Waals surface area (Å²) in [6, 6.07) is 5.98. The van der Waals surface area contributed by atoms with E-state index in [1.54, 1.807) is 0 Å². The maximum atomic E-state index is 5.92. The highest BCUT2D eigenvalue weighted by Gasteiger charge is 2.10. The maximum Gasteiger partial charge on any atom is 0.0593 e. The Balaban J connectivity index is 2.59. The summed E-state index contributed by atoms with van der Waals surface area (Å²) < 4.78 is 11.9. The largest absolute Gasteiger partial charge is 0.398 e. The van der Waals surface area contributed by atoms with Gasteiger partial charge < -0.3 is 15.2 Å². The minimum Gasteiger partial charge on any atom is -0.398 e. The first-order valence-electron chi connectivity index (χ1n) is 7.09. The van der Waals surface area contributed by atoms with E-state index in [1.807, 2.05) is 26.0 Å². The molecule has 4 nitrogen and oxygen atoms in total. The van der Waals surface area contributed by atoms with E-state index in [4.69, 9.17) is 15.2 Å². The van der Waals surface area contributed by atoms with Crippen molar-refractivity contribution in [3.63, 3.8) is 0 Å². The summed E-state index contributed by atoms with van der Waals surface area (Å²) in [5.41, 5.74) is 7.89. The number of hydrogen-bond donors (Lipinski definition) is 1. The summed E-state index contributed by atoms with van der Waals surface area (Å²) in [5, 5.41) is 0. The third-order valence-corrected chi connectivity index (χ3v) is 3.98. The first-order valence-corrected chi connectivity index (χ1v) is 7.89. The standard InChI is InChI=1S/C15H25BrN2O2/c1-3-19-10-8-18(9-11-20-4-2)12-13-6-5-7-14(17)15(13)16/h5-7H,3-4,8-12,17H2,1-2H3. The molecule has 1 rings (SSSR count). The van der Waals surface area contributed by atoms with Crippen molar-refractivity contribution in [3.8, 4) is 0 Å². The number of rotatable bonds is 10. The zero-order valence-corrected chi connectivity index (χ0v) is 14.0. The van der Waals surface area contributed by atoms with Crippen LogP contribution < -0.4 is 5.73 Å². The summed E-state index contributed by atoms with van der Waals surface area (Å²) in [5.74, 6) is 0. The second kappa shape index (κ2) is 10.2. The van der Waals surface area contributed by atoms with E-state index in [0.717, 1.165) is 56.2 Å². The van der Waals surface area contributed by atoms with Gasteiger partial charge in [0.05, 0.1) is 13.2 Å². The SMILES string of the molecule is CCOCCN(CCOCC)Cc1cccc(N)c1Br. The number of halogens is 1. The average molecular weight is 345 g/mol. The van der Waals surface area contributed by atoms with Crippen LogP contribution in [-0.4, -0.2) is 44.4 Å². The van der Waals surface area contributed by atoms with E-state index < -0.39 is 0 Å². The number of nitrogens with zero attached hydrogens (tertiary/aromatic N) is 1. The Hall–Kier alpha value is -0.620. The lowest BCUT2D eigenvalue weighted by molar-refractivity contribution is 0.0797. The quantitative estimate of drug-likeness (QED) is 0.523. The molecule has 0 spiro atoms. The van der Waals surface area contributed by atoms with Crippen molar-refractivity contribution in [3.05, 3.63) is 28.2 Å². The molecule has 0 aliphatic heterocycles. The van der Waals surface area contributed by atoms with Gasteiger partial charge in [0, 0.05) is 43.0 Å². The van der Waals surface area contributed by atoms with Crippen LogP contribution in [0, 0.1) is 0 Å². The van der Waals surface area contributed by atoms with E-state index in [0.29, 0.717) is 0 Å². The lowest BCUT2D eigenvalue weighted by atomic mass is 10.2. The van der Waals surface area contributed by atoms with Crippen LogP contribution in [0.3, 0.4) is 0 Å². The number of benzene rings is 1. The van der Waals surface area contributed by atoms with Crippen LogP contribution >= 0.6 is 15.9 Å². The molecule has 0 aliphatic rings. The molecule has 0 amide bonds. The van der Waals surface area contributed by atoms with Gasteiger partial charge in [-0.25, -0.2) is 0 Å². The molecule has 0 unspecified atom stereocenters. The van der Waals surface area contributed by atoms with Crippen LogP contribution in [0.15, 0.2) is 22.7 Å². The second-order valence-electron chi connectivity index (χ2n) is 4.49. The summed E-state index contributed by atoms with van der Waals surface area (Å²) in [4.78, 5) is 2.32. The van der Waals surface area contributed by atoms with Crippen LogP contribution in [0.4, 0.5) is 5.69 Å². The van der Waals surface area contributed by atoms with Crippen LogP contribution in [0.2, 0.25) is 0 Å². The van der Waals surface area contributed by atoms with Gasteiger partial charge in [-0.1, -0.05) is 12.1 Å². The van der Waals surface area contributed by atoms with Gasteiger partial charge in [0.1, 0.15) is 0 Å². The Bertz CT molecular complexity index is 378. The molecule has 114 valence electrons. The molecule has 0 aromatic heterocycles. The molecule has 0 saturated carbocycles. The topological polar surface area (TPSA) is 47.7 Å². The minimum atomic E-state index is 0.739. The van der Waals surface area contributed by atoms with Gasteiger partial charge in [-0.05, 0) is 41.4 Å². The first-order chi connectivity index (χ1) is 9.69. The number of nitrogens with two attached hydrogens (primary N) is 1. The Morgan fingerprint density at radius 1 is 1.10 bits per heavy atom. The molecule has 0 fully saturated rings. The molecule has 1 aromatic carbocycles. The third kappa shape index (κ3) is 6.22. The van der Waals surface area contributed by atoms with E-state index in [2.05, 4.69) is 26.9 Å². The predicted octanol–water partition coefficient (Wildman–Crippen LogP) is 2.91. The number of ether oxygens (including phenoxy) is 2. The Kier molecular flexibility index (Phi) is 8.85. The van der Waals surface area contributed by atoms with Gasteiger partial charge in [0.2, 0.25) is 0 Å². The molecule has 0 saturated heterocycles. The van der Waals surface area contributed by atoms with Crippen molar-refractivity contribution in [2.45, 2.75) is 20.4 Å². The van der Waals surface area contributed by atoms with Crippen molar-refractivity contribution in [1.82, 2.24) is 4.90 Å². The molecule has 0 atom stereocenters. The summed E-state index contributed by atoms with van der Waals surface area (Å²) >= 11 is 3.56. The van der Waals surface area contributed by atoms with Gasteiger partial charge in [-0.2, -0.15) is 0 Å². The minimum absolute atomic E-state index is 0.739. The van der Waals surface area contributed by atoms with Gasteiger partial charge in [0.15, 0.2) is 0 Å². The predicted molar refractivity (Wildman–Crippen MR) is 86.8 cm³/mol. The van der Waals surface area contributed by atoms with E-state index >= 15 is 0 Å². The number of nitrogen functional groups attached to an aromatic ring is 1. The van der Waals surface area contributed by atoms with E-state index in [-0.39, 0.29) is 0 Å². The monoisotopic (exact) mass is 344 g/mol. The summed E-state index contributed by atoms with van der Waals surface area (Å²) in [7, 11) is 0. The van der Waals surface area contributed by atoms with E-state index in [1.165, 1.54) is 5.56 Å². The van der Waals surface area contributed by atoms with Gasteiger partial charge in [-0.3, -0.25) is 4.90 Å². The van der Waals surface area contributed by atoms with Crippen molar-refractivity contribution in [1.29, 1.82) is 0 Å². The van der Waals surface area contributed by atoms with Crippen LogP contribution in [0.5, 0.6) is 0 Å². The molecule has 0 bridgehead atoms. The summed E-state index contributed by atoms with van der Waals surface area (Å²) in [6.45, 7) is 9.63. The molecular formula is C15H25BrN2O2. The fourth-order valence-corrected chi connectivity index (χ4v) is 2.30. The van der Waals surface area contributed by atoms with Crippen LogP contribution in [0.25, 0.3) is 0 Å². The molecular weight excluding hydrogens is 320 g/mol. The molecule has 0 heterocycles. The van der Waals surface area contributed by atoms with Gasteiger partial charge >= 0.3 is 0 Å². The highest BCUT2D eigenvalue weighted by Crippen LogP contribution is 2.24. The maximum absolute atomic E-state index is 5.92. The van der Waals surface area contributed by atoms with Crippen LogP contribution in [0.1, 0.15) is 19.4 Å². The normalized spacial score (nSPS) is 11.2. The van der Waals surface area contributed by atoms with Crippen molar-refractivity contribution < 1.29 is 9.47 Å². The lowest BCUT2D eigenvalue weighted by Gasteiger charge is -2.23. The molecule has 20 heavy (non-hydrogen) atoms. The molecule has 0 aliphatic carbocycles. The lowest BCUT2D eigenvalue weighted by Crippen LogP contribution is -2.31. The average Bonchev–Trinajstić information content (AvgIpc) is 2.44. The Morgan fingerprint density at radius 3 is 2.25 bits per heavy atom. The molecule has 2 N–H and O–H groups in total. The second-order valence-corrected chi connectivity index (χ2v) is 5.28. The molecule has 1 aromatic rings. The van der Waals surface area contributed by atoms with Crippen LogP contribution in [-0.2, 0) is 16.0 Å². The fraction of sp³-hybridized carbons (Fsp3) is 0.600. The molecule has 5 heteroatoms.